The van der Waals surface area contributed by atoms with Crippen molar-refractivity contribution in [1.29, 1.82) is 0 Å². The fraction of sp³-hybridized carbons (Fsp3) is 0.231. The Balaban J connectivity index is 1.57. The van der Waals surface area contributed by atoms with E-state index >= 15 is 0 Å². The van der Waals surface area contributed by atoms with E-state index in [0.717, 1.165) is 0 Å². The van der Waals surface area contributed by atoms with E-state index in [0.29, 0.717) is 47.6 Å². The second-order valence-corrected chi connectivity index (χ2v) is 10.3. The molecular formula is C26H29N3O5S2. The number of carbonyl (C=O) groups is 1. The van der Waals surface area contributed by atoms with Crippen LogP contribution < -0.4 is 24.8 Å². The molecule has 0 aliphatic rings. The van der Waals surface area contributed by atoms with Gasteiger partial charge in [0, 0.05) is 16.9 Å². The largest absolute Gasteiger partial charge is 0.494 e. The number of nitrogens with one attached hydrogen (secondary N) is 3. The van der Waals surface area contributed by atoms with E-state index in [-0.39, 0.29) is 15.9 Å². The van der Waals surface area contributed by atoms with Crippen LogP contribution in [0, 0.1) is 5.92 Å². The molecule has 0 aliphatic heterocycles. The van der Waals surface area contributed by atoms with Gasteiger partial charge >= 0.3 is 0 Å². The number of anilines is 2. The SMILES string of the molecule is CCOc1ccc(NS(=O)(=O)c2ccc(NC(=S)NC(=O)c3cccc(OCC(C)C)c3)cc2)cc1. The van der Waals surface area contributed by atoms with Gasteiger partial charge in [-0.15, -0.1) is 0 Å². The molecular weight excluding hydrogens is 498 g/mol. The third-order valence-corrected chi connectivity index (χ3v) is 6.35. The normalized spacial score (nSPS) is 11.0. The average molecular weight is 528 g/mol. The zero-order valence-electron chi connectivity index (χ0n) is 20.3. The van der Waals surface area contributed by atoms with Gasteiger partial charge in [-0.2, -0.15) is 0 Å². The Bertz CT molecular complexity index is 1290. The number of rotatable bonds is 10. The quantitative estimate of drug-likeness (QED) is 0.317. The van der Waals surface area contributed by atoms with Crippen LogP contribution in [0.1, 0.15) is 31.1 Å². The van der Waals surface area contributed by atoms with E-state index in [4.69, 9.17) is 21.7 Å². The molecule has 0 saturated heterocycles. The topological polar surface area (TPSA) is 106 Å². The number of thiocarbonyl (C=S) groups is 1. The van der Waals surface area contributed by atoms with E-state index in [9.17, 15) is 13.2 Å². The molecule has 0 atom stereocenters. The molecule has 3 N–H and O–H groups in total. The molecule has 0 saturated carbocycles. The van der Waals surface area contributed by atoms with Crippen molar-refractivity contribution in [3.63, 3.8) is 0 Å². The Hall–Kier alpha value is -3.63. The Morgan fingerprint density at radius 3 is 2.22 bits per heavy atom. The summed E-state index contributed by atoms with van der Waals surface area (Å²) in [4.78, 5) is 12.6. The minimum absolute atomic E-state index is 0.0788. The molecule has 0 bridgehead atoms. The van der Waals surface area contributed by atoms with Crippen molar-refractivity contribution in [2.45, 2.75) is 25.7 Å². The van der Waals surface area contributed by atoms with Crippen molar-refractivity contribution in [1.82, 2.24) is 5.32 Å². The smallest absolute Gasteiger partial charge is 0.261 e. The summed E-state index contributed by atoms with van der Waals surface area (Å²) in [6.07, 6.45) is 0. The fourth-order valence-corrected chi connectivity index (χ4v) is 4.31. The first-order chi connectivity index (χ1) is 17.2. The predicted octanol–water partition coefficient (Wildman–Crippen LogP) is 5.05. The monoisotopic (exact) mass is 527 g/mol. The molecule has 0 heterocycles. The fourth-order valence-electron chi connectivity index (χ4n) is 3.05. The van der Waals surface area contributed by atoms with Gasteiger partial charge in [0.15, 0.2) is 5.11 Å². The first kappa shape index (κ1) is 27.0. The van der Waals surface area contributed by atoms with Crippen LogP contribution in [0.4, 0.5) is 11.4 Å². The van der Waals surface area contributed by atoms with Gasteiger partial charge in [-0.05, 0) is 91.8 Å². The third kappa shape index (κ3) is 7.96. The van der Waals surface area contributed by atoms with Gasteiger partial charge in [-0.3, -0.25) is 14.8 Å². The highest BCUT2D eigenvalue weighted by atomic mass is 32.2. The molecule has 3 rings (SSSR count). The summed E-state index contributed by atoms with van der Waals surface area (Å²) in [5.41, 5.74) is 1.35. The number of hydrogen-bond donors (Lipinski definition) is 3. The Labute approximate surface area is 217 Å². The lowest BCUT2D eigenvalue weighted by Crippen LogP contribution is -2.34. The van der Waals surface area contributed by atoms with Gasteiger partial charge in [0.2, 0.25) is 0 Å². The maximum Gasteiger partial charge on any atom is 0.261 e. The van der Waals surface area contributed by atoms with E-state index in [1.54, 1.807) is 60.7 Å². The van der Waals surface area contributed by atoms with E-state index in [1.165, 1.54) is 12.1 Å². The molecule has 0 aliphatic carbocycles. The Morgan fingerprint density at radius 2 is 1.58 bits per heavy atom. The van der Waals surface area contributed by atoms with Gasteiger partial charge in [0.05, 0.1) is 18.1 Å². The first-order valence-electron chi connectivity index (χ1n) is 11.4. The first-order valence-corrected chi connectivity index (χ1v) is 13.3. The zero-order chi connectivity index (χ0) is 26.1. The molecule has 190 valence electrons. The molecule has 0 unspecified atom stereocenters. The Morgan fingerprint density at radius 1 is 0.917 bits per heavy atom. The minimum Gasteiger partial charge on any atom is -0.494 e. The van der Waals surface area contributed by atoms with Crippen LogP contribution in [0.15, 0.2) is 77.7 Å². The second kappa shape index (κ2) is 12.4. The molecule has 0 radical (unpaired) electrons. The Kier molecular flexibility index (Phi) is 9.26. The van der Waals surface area contributed by atoms with Gasteiger partial charge in [-0.1, -0.05) is 19.9 Å². The van der Waals surface area contributed by atoms with Crippen molar-refractivity contribution >= 4 is 44.6 Å². The summed E-state index contributed by atoms with van der Waals surface area (Å²) >= 11 is 5.24. The number of carbonyl (C=O) groups excluding carboxylic acids is 1. The van der Waals surface area contributed by atoms with Crippen LogP contribution in [0.5, 0.6) is 11.5 Å². The summed E-state index contributed by atoms with van der Waals surface area (Å²) < 4.78 is 39.0. The van der Waals surface area contributed by atoms with Gasteiger partial charge in [0.25, 0.3) is 15.9 Å². The molecule has 3 aromatic carbocycles. The van der Waals surface area contributed by atoms with Crippen LogP contribution in [0.3, 0.4) is 0 Å². The molecule has 0 spiro atoms. The predicted molar refractivity (Wildman–Crippen MR) is 145 cm³/mol. The molecule has 36 heavy (non-hydrogen) atoms. The van der Waals surface area contributed by atoms with Crippen LogP contribution in [-0.4, -0.2) is 32.7 Å². The van der Waals surface area contributed by atoms with Crippen molar-refractivity contribution in [2.24, 2.45) is 5.92 Å². The van der Waals surface area contributed by atoms with Crippen LogP contribution in [0.25, 0.3) is 0 Å². The lowest BCUT2D eigenvalue weighted by molar-refractivity contribution is 0.0977. The number of amides is 1. The van der Waals surface area contributed by atoms with Crippen molar-refractivity contribution in [3.05, 3.63) is 78.4 Å². The highest BCUT2D eigenvalue weighted by Crippen LogP contribution is 2.21. The van der Waals surface area contributed by atoms with Crippen LogP contribution in [0.2, 0.25) is 0 Å². The van der Waals surface area contributed by atoms with E-state index in [1.807, 2.05) is 20.8 Å². The summed E-state index contributed by atoms with van der Waals surface area (Å²) in [5.74, 6) is 1.24. The molecule has 10 heteroatoms. The van der Waals surface area contributed by atoms with Crippen molar-refractivity contribution < 1.29 is 22.7 Å². The molecule has 0 fully saturated rings. The standard InChI is InChI=1S/C26H29N3O5S2/c1-4-33-22-12-8-21(9-13-22)29-36(31,32)24-14-10-20(11-15-24)27-26(35)28-25(30)19-6-5-7-23(16-19)34-17-18(2)3/h5-16,18,29H,4,17H2,1-3H3,(H2,27,28,30,35). The van der Waals surface area contributed by atoms with Gasteiger partial charge < -0.3 is 14.8 Å². The van der Waals surface area contributed by atoms with Crippen LogP contribution >= 0.6 is 12.2 Å². The molecule has 0 aromatic heterocycles. The lowest BCUT2D eigenvalue weighted by Gasteiger charge is -2.12. The number of sulfonamides is 1. The summed E-state index contributed by atoms with van der Waals surface area (Å²) in [6, 6.07) is 19.5. The minimum atomic E-state index is -3.79. The van der Waals surface area contributed by atoms with Crippen molar-refractivity contribution in [3.8, 4) is 11.5 Å². The van der Waals surface area contributed by atoms with Gasteiger partial charge in [0.1, 0.15) is 11.5 Å². The highest BCUT2D eigenvalue weighted by Gasteiger charge is 2.15. The van der Waals surface area contributed by atoms with Crippen molar-refractivity contribution in [2.75, 3.05) is 23.3 Å². The number of benzene rings is 3. The molecule has 8 nitrogen and oxygen atoms in total. The summed E-state index contributed by atoms with van der Waals surface area (Å²) in [5, 5.41) is 5.58. The van der Waals surface area contributed by atoms with E-state index in [2.05, 4.69) is 15.4 Å². The third-order valence-electron chi connectivity index (χ3n) is 4.75. The highest BCUT2D eigenvalue weighted by molar-refractivity contribution is 7.92. The van der Waals surface area contributed by atoms with Crippen LogP contribution in [-0.2, 0) is 10.0 Å². The zero-order valence-corrected chi connectivity index (χ0v) is 21.9. The lowest BCUT2D eigenvalue weighted by atomic mass is 10.2. The second-order valence-electron chi connectivity index (χ2n) is 8.23. The summed E-state index contributed by atoms with van der Waals surface area (Å²) in [7, 11) is -3.79. The molecule has 1 amide bonds. The number of hydrogen-bond acceptors (Lipinski definition) is 6. The number of ether oxygens (including phenoxy) is 2. The van der Waals surface area contributed by atoms with E-state index < -0.39 is 10.0 Å². The van der Waals surface area contributed by atoms with Gasteiger partial charge in [-0.25, -0.2) is 8.42 Å². The maximum absolute atomic E-state index is 12.7. The maximum atomic E-state index is 12.7. The average Bonchev–Trinajstić information content (AvgIpc) is 2.84. The summed E-state index contributed by atoms with van der Waals surface area (Å²) in [6.45, 7) is 7.03. The molecule has 3 aromatic rings.